The van der Waals surface area contributed by atoms with E-state index in [1.165, 1.54) is 10.8 Å². The zero-order chi connectivity index (χ0) is 23.5. The highest BCUT2D eigenvalue weighted by atomic mass is 35.5. The number of rotatable bonds is 4. The van der Waals surface area contributed by atoms with Crippen molar-refractivity contribution >= 4 is 35.9 Å². The van der Waals surface area contributed by atoms with Crippen molar-refractivity contribution in [3.05, 3.63) is 61.4 Å². The third-order valence-electron chi connectivity index (χ3n) is 4.71. The molecule has 1 N–H and O–H groups in total. The van der Waals surface area contributed by atoms with Gasteiger partial charge in [0.2, 0.25) is 0 Å². The normalized spacial score (nSPS) is 22.4. The summed E-state index contributed by atoms with van der Waals surface area (Å²) < 4.78 is 33.9. The molecule has 1 aromatic carbocycles. The SMILES string of the molecule is COF.[B]C([B])(OP1OCc2cc(Cl)ccc2O1)C1CCC(n2cc(C)c(=O)[nH]c2=O)O1. The fraction of sp³-hybridized carbons (Fsp3) is 0.444. The van der Waals surface area contributed by atoms with Crippen LogP contribution in [0.15, 0.2) is 34.0 Å². The predicted molar refractivity (Wildman–Crippen MR) is 116 cm³/mol. The highest BCUT2D eigenvalue weighted by Gasteiger charge is 2.41. The second kappa shape index (κ2) is 10.5. The van der Waals surface area contributed by atoms with Gasteiger partial charge in [-0.05, 0) is 42.5 Å². The maximum atomic E-state index is 12.1. The first-order valence-corrected chi connectivity index (χ1v) is 10.9. The first kappa shape index (κ1) is 25.0. The van der Waals surface area contributed by atoms with Crippen molar-refractivity contribution in [1.29, 1.82) is 0 Å². The molecular formula is C18H19B2ClFN2O7P. The summed E-state index contributed by atoms with van der Waals surface area (Å²) in [6.45, 7) is 1.85. The first-order chi connectivity index (χ1) is 15.1. The molecule has 0 spiro atoms. The molecule has 0 aliphatic carbocycles. The van der Waals surface area contributed by atoms with Crippen LogP contribution in [0.1, 0.15) is 30.2 Å². The molecule has 0 saturated carbocycles. The number of ether oxygens (including phenoxy) is 1. The zero-order valence-corrected chi connectivity index (χ0v) is 18.9. The molecule has 1 saturated heterocycles. The molecule has 4 rings (SSSR count). The topological polar surface area (TPSA) is 101 Å². The number of H-pyrrole nitrogens is 1. The minimum atomic E-state index is -1.85. The Morgan fingerprint density at radius 1 is 1.34 bits per heavy atom. The summed E-state index contributed by atoms with van der Waals surface area (Å²) in [4.78, 5) is 28.6. The number of fused-ring (bicyclic) bond motifs is 1. The number of aromatic amines is 1. The van der Waals surface area contributed by atoms with Gasteiger partial charge >= 0.3 is 14.3 Å². The van der Waals surface area contributed by atoms with Crippen molar-refractivity contribution in [2.45, 2.75) is 44.1 Å². The van der Waals surface area contributed by atoms with Crippen molar-refractivity contribution in [2.24, 2.45) is 0 Å². The summed E-state index contributed by atoms with van der Waals surface area (Å²) >= 11 is 5.96. The van der Waals surface area contributed by atoms with E-state index in [0.29, 0.717) is 29.2 Å². The Labute approximate surface area is 191 Å². The molecule has 4 radical (unpaired) electrons. The van der Waals surface area contributed by atoms with Gasteiger partial charge in [0.1, 0.15) is 27.7 Å². The van der Waals surface area contributed by atoms with Crippen molar-refractivity contribution in [3.63, 3.8) is 0 Å². The fourth-order valence-corrected chi connectivity index (χ4v) is 4.46. The van der Waals surface area contributed by atoms with Gasteiger partial charge in [0.15, 0.2) is 0 Å². The van der Waals surface area contributed by atoms with Crippen LogP contribution in [-0.2, 0) is 25.3 Å². The lowest BCUT2D eigenvalue weighted by molar-refractivity contribution is -0.0960. The molecule has 0 amide bonds. The maximum absolute atomic E-state index is 12.1. The number of nitrogens with one attached hydrogen (secondary N) is 1. The molecule has 14 heteroatoms. The van der Waals surface area contributed by atoms with Gasteiger partial charge in [0, 0.05) is 27.7 Å². The van der Waals surface area contributed by atoms with Crippen molar-refractivity contribution < 1.29 is 27.8 Å². The van der Waals surface area contributed by atoms with E-state index in [1.807, 2.05) is 0 Å². The lowest BCUT2D eigenvalue weighted by Crippen LogP contribution is -2.46. The van der Waals surface area contributed by atoms with Crippen molar-refractivity contribution in [3.8, 4) is 5.75 Å². The Hall–Kier alpha value is -1.68. The van der Waals surface area contributed by atoms with Crippen LogP contribution in [0, 0.1) is 6.92 Å². The van der Waals surface area contributed by atoms with E-state index < -0.39 is 37.6 Å². The van der Waals surface area contributed by atoms with Gasteiger partial charge in [-0.15, -0.1) is 0 Å². The maximum Gasteiger partial charge on any atom is 0.396 e. The van der Waals surface area contributed by atoms with Crippen LogP contribution < -0.4 is 15.8 Å². The van der Waals surface area contributed by atoms with Gasteiger partial charge in [-0.25, -0.2) is 4.79 Å². The molecule has 2 aromatic rings. The quantitative estimate of drug-likeness (QED) is 0.528. The average Bonchev–Trinajstić information content (AvgIpc) is 3.22. The first-order valence-electron chi connectivity index (χ1n) is 9.43. The lowest BCUT2D eigenvalue weighted by atomic mass is 9.61. The Balaban J connectivity index is 0.000000913. The van der Waals surface area contributed by atoms with Gasteiger partial charge in [-0.1, -0.05) is 11.6 Å². The second-order valence-corrected chi connectivity index (χ2v) is 8.58. The van der Waals surface area contributed by atoms with Crippen LogP contribution in [0.3, 0.4) is 0 Å². The van der Waals surface area contributed by atoms with Crippen LogP contribution in [0.4, 0.5) is 4.53 Å². The number of aryl methyl sites for hydroxylation is 1. The van der Waals surface area contributed by atoms with E-state index in [1.54, 1.807) is 25.1 Å². The van der Waals surface area contributed by atoms with Gasteiger partial charge < -0.3 is 13.8 Å². The highest BCUT2D eigenvalue weighted by Crippen LogP contribution is 2.50. The molecule has 3 unspecified atom stereocenters. The Bertz CT molecular complexity index is 1070. The van der Waals surface area contributed by atoms with Crippen LogP contribution in [-0.4, -0.2) is 43.9 Å². The smallest absolute Gasteiger partial charge is 0.396 e. The summed E-state index contributed by atoms with van der Waals surface area (Å²) in [6, 6.07) is 5.17. The van der Waals surface area contributed by atoms with Gasteiger partial charge in [-0.3, -0.25) is 18.9 Å². The largest absolute Gasteiger partial charge is 0.426 e. The third-order valence-corrected chi connectivity index (χ3v) is 6.10. The Morgan fingerprint density at radius 2 is 2.06 bits per heavy atom. The number of hydrogen-bond acceptors (Lipinski definition) is 7. The highest BCUT2D eigenvalue weighted by molar-refractivity contribution is 7.42. The van der Waals surface area contributed by atoms with E-state index >= 15 is 0 Å². The summed E-state index contributed by atoms with van der Waals surface area (Å²) in [5.74, 6) is 0.586. The monoisotopic (exact) mass is 482 g/mol. The zero-order valence-electron chi connectivity index (χ0n) is 17.2. The van der Waals surface area contributed by atoms with Crippen molar-refractivity contribution in [1.82, 2.24) is 9.55 Å². The standard InChI is InChI=1S/C17H16B2ClN2O6P.CH3FO/c1-9-7-22(16(24)21-15(9)23)14-5-4-13(26-14)17(18,19)28-29-25-8-10-6-11(20)2-3-12(10)27-29;1-3-2/h2-3,6-7,13-14H,4-5,8H2,1H3,(H,21,23,24);1H3. The molecule has 32 heavy (non-hydrogen) atoms. The lowest BCUT2D eigenvalue weighted by Gasteiger charge is -2.36. The molecule has 1 fully saturated rings. The molecule has 2 aliphatic rings. The average molecular weight is 482 g/mol. The number of benzene rings is 1. The molecule has 2 aliphatic heterocycles. The van der Waals surface area contributed by atoms with Gasteiger partial charge in [-0.2, -0.15) is 4.94 Å². The molecule has 9 nitrogen and oxygen atoms in total. The number of halogens is 2. The number of aromatic nitrogens is 2. The Morgan fingerprint density at radius 3 is 2.78 bits per heavy atom. The molecule has 3 atom stereocenters. The molecule has 0 bridgehead atoms. The predicted octanol–water partition coefficient (Wildman–Crippen LogP) is 2.54. The molecule has 1 aromatic heterocycles. The minimum Gasteiger partial charge on any atom is -0.426 e. The summed E-state index contributed by atoms with van der Waals surface area (Å²) in [5, 5.41) is -1.13. The van der Waals surface area contributed by atoms with E-state index in [-0.39, 0.29) is 6.61 Å². The van der Waals surface area contributed by atoms with E-state index in [4.69, 9.17) is 45.6 Å². The van der Waals surface area contributed by atoms with Gasteiger partial charge in [0.25, 0.3) is 5.56 Å². The van der Waals surface area contributed by atoms with Crippen LogP contribution in [0.25, 0.3) is 0 Å². The van der Waals surface area contributed by atoms with E-state index in [2.05, 4.69) is 9.93 Å². The third kappa shape index (κ3) is 5.81. The summed E-state index contributed by atoms with van der Waals surface area (Å²) in [5.41, 5.74) is 0.188. The van der Waals surface area contributed by atoms with Crippen LogP contribution >= 0.6 is 20.2 Å². The number of nitrogens with zero attached hydrogens (tertiary/aromatic N) is 1. The van der Waals surface area contributed by atoms with E-state index in [0.717, 1.165) is 12.7 Å². The van der Waals surface area contributed by atoms with Crippen LogP contribution in [0.2, 0.25) is 5.02 Å². The fourth-order valence-electron chi connectivity index (χ4n) is 3.17. The van der Waals surface area contributed by atoms with Crippen LogP contribution in [0.5, 0.6) is 5.75 Å². The number of hydrogen-bond donors (Lipinski definition) is 1. The summed E-state index contributed by atoms with van der Waals surface area (Å²) in [6.07, 6.45) is 1.02. The second-order valence-electron chi connectivity index (χ2n) is 7.07. The molecule has 3 heterocycles. The van der Waals surface area contributed by atoms with Crippen molar-refractivity contribution in [2.75, 3.05) is 7.11 Å². The Kier molecular flexibility index (Phi) is 8.19. The van der Waals surface area contributed by atoms with E-state index in [9.17, 15) is 14.1 Å². The summed E-state index contributed by atoms with van der Waals surface area (Å²) in [7, 11) is 11.4. The molecule has 168 valence electrons. The minimum absolute atomic E-state index is 0.248. The van der Waals surface area contributed by atoms with Gasteiger partial charge in [0.05, 0.1) is 19.8 Å². The molecular weight excluding hydrogens is 463 g/mol.